The first-order chi connectivity index (χ1) is 9.76. The van der Waals surface area contributed by atoms with Gasteiger partial charge in [-0.05, 0) is 0 Å². The fourth-order valence-corrected chi connectivity index (χ4v) is 3.17. The van der Waals surface area contributed by atoms with E-state index in [1.165, 1.54) is 14.2 Å². The number of carboxylic acids is 2. The number of halogens is 1. The summed E-state index contributed by atoms with van der Waals surface area (Å²) >= 11 is 0.946. The molecule has 0 saturated heterocycles. The molecule has 4 N–H and O–H groups in total. The van der Waals surface area contributed by atoms with Crippen LogP contribution in [0.15, 0.2) is 0 Å². The second-order valence-corrected chi connectivity index (χ2v) is 5.47. The van der Waals surface area contributed by atoms with Gasteiger partial charge < -0.3 is 0 Å². The van der Waals surface area contributed by atoms with Gasteiger partial charge in [-0.1, -0.05) is 0 Å². The van der Waals surface area contributed by atoms with Crippen LogP contribution in [0.1, 0.15) is 15.9 Å². The van der Waals surface area contributed by atoms with Crippen LogP contribution in [0, 0.1) is 30.5 Å². The molecule has 0 spiro atoms. The minimum absolute atomic E-state index is 0.0308. The van der Waals surface area contributed by atoms with Crippen molar-refractivity contribution >= 4 is 15.2 Å². The maximum absolute atomic E-state index is 14.4. The molecule has 1 aromatic rings. The molecule has 1 unspecified atom stereocenters. The Morgan fingerprint density at radius 2 is 1.81 bits per heavy atom. The van der Waals surface area contributed by atoms with E-state index in [1.807, 2.05) is 0 Å². The van der Waals surface area contributed by atoms with Gasteiger partial charge in [0.15, 0.2) is 0 Å². The van der Waals surface area contributed by atoms with Gasteiger partial charge in [-0.25, -0.2) is 0 Å². The van der Waals surface area contributed by atoms with E-state index in [1.54, 1.807) is 0 Å². The number of benzene rings is 1. The van der Waals surface area contributed by atoms with Crippen molar-refractivity contribution in [2.45, 2.75) is 12.5 Å². The third-order valence-corrected chi connectivity index (χ3v) is 4.16. The van der Waals surface area contributed by atoms with Crippen molar-refractivity contribution in [3.8, 4) is 11.5 Å². The van der Waals surface area contributed by atoms with Crippen molar-refractivity contribution in [3.63, 3.8) is 0 Å². The number of carbonyl (C=O) groups is 2. The Kier molecular flexibility index (Phi) is 5.86. The second-order valence-electron chi connectivity index (χ2n) is 4.00. The van der Waals surface area contributed by atoms with Gasteiger partial charge in [0.2, 0.25) is 0 Å². The van der Waals surface area contributed by atoms with Crippen molar-refractivity contribution in [2.75, 3.05) is 14.2 Å². The number of hydrogen-bond acceptors (Lipinski definition) is 5. The van der Waals surface area contributed by atoms with E-state index in [0.29, 0.717) is 0 Å². The summed E-state index contributed by atoms with van der Waals surface area (Å²) < 4.78 is 24.5. The van der Waals surface area contributed by atoms with Gasteiger partial charge in [0.25, 0.3) is 0 Å². The molecule has 0 heterocycles. The average molecular weight is 496 g/mol. The summed E-state index contributed by atoms with van der Waals surface area (Å²) in [6.07, 6.45) is -0.473. The maximum atomic E-state index is 14.4. The number of methoxy groups -OCH3 is 2. The Morgan fingerprint density at radius 1 is 1.29 bits per heavy atom. The van der Waals surface area contributed by atoms with E-state index in [9.17, 15) is 19.1 Å². The van der Waals surface area contributed by atoms with Gasteiger partial charge in [-0.3, -0.25) is 0 Å². The number of carboxylic acid groups (broad SMARTS) is 2. The molecule has 1 atom stereocenters. The Labute approximate surface area is 134 Å². The molecule has 0 amide bonds. The molecule has 1 rings (SSSR count). The molecule has 0 aliphatic carbocycles. The molecule has 21 heavy (non-hydrogen) atoms. The van der Waals surface area contributed by atoms with Crippen LogP contribution in [0.25, 0.3) is 0 Å². The fourth-order valence-electron chi connectivity index (χ4n) is 1.78. The number of ether oxygens (including phenoxy) is 2. The molecule has 116 valence electrons. The van der Waals surface area contributed by atoms with Gasteiger partial charge in [0.05, 0.1) is 0 Å². The molecule has 0 aliphatic rings. The van der Waals surface area contributed by atoms with Crippen LogP contribution in [-0.2, 0) is 11.2 Å². The van der Waals surface area contributed by atoms with Crippen LogP contribution >= 0.6 is 0 Å². The number of nitrogens with two attached hydrogens (primary N) is 1. The number of rotatable bonds is 6. The molecule has 0 bridgehead atoms. The molecule has 7 nitrogen and oxygen atoms in total. The first-order valence-corrected chi connectivity index (χ1v) is 7.06. The molecule has 0 saturated carbocycles. The summed E-state index contributed by atoms with van der Waals surface area (Å²) in [4.78, 5) is 22.2. The van der Waals surface area contributed by atoms with Crippen molar-refractivity contribution in [3.05, 3.63) is 16.9 Å². The van der Waals surface area contributed by atoms with Crippen LogP contribution in [0.3, 0.4) is 0 Å². The number of aromatic carboxylic acids is 1. The topological polar surface area (TPSA) is 119 Å². The van der Waals surface area contributed by atoms with Crippen LogP contribution < -0.4 is 18.5 Å². The first-order valence-electron chi connectivity index (χ1n) is 5.59. The number of hydrogen-bond donors (Lipinski definition) is 3. The van der Waals surface area contributed by atoms with Gasteiger partial charge >= 0.3 is 134 Å². The van der Waals surface area contributed by atoms with E-state index >= 15 is 0 Å². The zero-order valence-electron chi connectivity index (χ0n) is 11.1. The predicted octanol–water partition coefficient (Wildman–Crippen LogP) is -0.330. The minimum atomic E-state index is -1.43. The van der Waals surface area contributed by atoms with Crippen LogP contribution in [0.5, 0.6) is 11.5 Å². The van der Waals surface area contributed by atoms with E-state index in [0.717, 1.165) is 24.7 Å². The Hall–Kier alpha value is -1.47. The third kappa shape index (κ3) is 3.41. The van der Waals surface area contributed by atoms with E-state index in [2.05, 4.69) is 0 Å². The third-order valence-electron chi connectivity index (χ3n) is 2.75. The fraction of sp³-hybridized carbons (Fsp3) is 0.333. The monoisotopic (exact) mass is 496 g/mol. The summed E-state index contributed by atoms with van der Waals surface area (Å²) in [7, 11) is 2.46. The summed E-state index contributed by atoms with van der Waals surface area (Å²) in [5.74, 6) is -4.03. The summed E-state index contributed by atoms with van der Waals surface area (Å²) in [6, 6.07) is -1.43. The summed E-state index contributed by atoms with van der Waals surface area (Å²) in [5, 5.41) is 18.1. The van der Waals surface area contributed by atoms with Gasteiger partial charge in [0.1, 0.15) is 0 Å². The SMILES string of the molecule is COc1c(F)c(CC(N)C(=O)O)c(C(=O)O)c([At])c1OC. The van der Waals surface area contributed by atoms with Gasteiger partial charge in [-0.2, -0.15) is 0 Å². The molecular weight excluding hydrogens is 483 g/mol. The summed E-state index contributed by atoms with van der Waals surface area (Å²) in [5.41, 5.74) is 4.71. The van der Waals surface area contributed by atoms with Gasteiger partial charge in [-0.15, -0.1) is 0 Å². The second kappa shape index (κ2) is 7.00. The van der Waals surface area contributed by atoms with E-state index in [-0.39, 0.29) is 25.9 Å². The standard InChI is InChI=1S/C12H13AtFNO6/c1-20-9-7(13)6(12(18)19)4(3-5(15)11(16)17)8(14)10(9)21-2/h5H,3,15H2,1-2H3,(H,16,17)(H,18,19). The van der Waals surface area contributed by atoms with Crippen LogP contribution in [0.2, 0.25) is 0 Å². The average Bonchev–Trinajstić information content (AvgIpc) is 2.41. The molecule has 0 radical (unpaired) electrons. The van der Waals surface area contributed by atoms with E-state index in [4.69, 9.17) is 20.3 Å². The summed E-state index contributed by atoms with van der Waals surface area (Å²) in [6.45, 7) is 0. The zero-order chi connectivity index (χ0) is 16.3. The van der Waals surface area contributed by atoms with E-state index < -0.39 is 30.2 Å². The van der Waals surface area contributed by atoms with Gasteiger partial charge in [0, 0.05) is 0 Å². The van der Waals surface area contributed by atoms with Crippen LogP contribution in [-0.4, -0.2) is 42.4 Å². The normalized spacial score (nSPS) is 11.9. The Bertz CT molecular complexity index is 592. The molecule has 0 aliphatic heterocycles. The zero-order valence-corrected chi connectivity index (χ0v) is 14.1. The molecular formula is C12H13AtFNO6. The van der Waals surface area contributed by atoms with Crippen molar-refractivity contribution in [2.24, 2.45) is 5.73 Å². The quantitative estimate of drug-likeness (QED) is 0.494. The molecule has 1 aromatic carbocycles. The number of aliphatic carboxylic acids is 1. The van der Waals surface area contributed by atoms with Crippen molar-refractivity contribution in [1.29, 1.82) is 0 Å². The van der Waals surface area contributed by atoms with Crippen molar-refractivity contribution in [1.82, 2.24) is 0 Å². The predicted molar refractivity (Wildman–Crippen MR) is 65.4 cm³/mol. The first kappa shape index (κ1) is 17.6. The Balaban J connectivity index is 3.64. The molecule has 0 aromatic heterocycles. The Morgan fingerprint density at radius 3 is 2.19 bits per heavy atom. The van der Waals surface area contributed by atoms with Crippen molar-refractivity contribution < 1.29 is 58.4 Å². The van der Waals surface area contributed by atoms with Crippen LogP contribution in [0.4, 0.5) is 4.39 Å². The molecule has 9 heteroatoms. The molecule has 0 fully saturated rings.